The highest BCUT2D eigenvalue weighted by Crippen LogP contribution is 2.45. The summed E-state index contributed by atoms with van der Waals surface area (Å²) in [4.78, 5) is 62.3. The average molecular weight is 1140 g/mol. The number of amides is 2. The molecule has 3 N–H and O–H groups in total. The van der Waals surface area contributed by atoms with Crippen LogP contribution in [0.1, 0.15) is 69.3 Å². The number of hydrazine groups is 1. The van der Waals surface area contributed by atoms with Gasteiger partial charge in [0.05, 0.1) is 68.4 Å². The third kappa shape index (κ3) is 15.5. The Morgan fingerprint density at radius 2 is 1.45 bits per heavy atom. The highest BCUT2D eigenvalue weighted by atomic mass is 19.4. The molecule has 4 aromatic rings. The zero-order valence-electron chi connectivity index (χ0n) is 44.6. The van der Waals surface area contributed by atoms with Crippen LogP contribution >= 0.6 is 0 Å². The number of methoxy groups -OCH3 is 2. The second-order valence-corrected chi connectivity index (χ2v) is 20.7. The number of carbonyl (C=O) groups is 4. The number of esters is 1. The van der Waals surface area contributed by atoms with Gasteiger partial charge >= 0.3 is 31.0 Å². The van der Waals surface area contributed by atoms with Crippen molar-refractivity contribution in [1.29, 1.82) is 0 Å². The maximum absolute atomic E-state index is 15.8. The summed E-state index contributed by atoms with van der Waals surface area (Å²) in [5, 5.41) is 18.4. The van der Waals surface area contributed by atoms with Gasteiger partial charge in [-0.25, -0.2) is 28.3 Å². The summed E-state index contributed by atoms with van der Waals surface area (Å²) in [6, 6.07) is 10.7. The summed E-state index contributed by atoms with van der Waals surface area (Å²) in [7, 11) is 1.72. The Morgan fingerprint density at radius 3 is 1.98 bits per heavy atom. The van der Waals surface area contributed by atoms with Gasteiger partial charge < -0.3 is 29.5 Å². The molecule has 0 bridgehead atoms. The molecular weight excluding hydrogens is 1080 g/mol. The van der Waals surface area contributed by atoms with Crippen molar-refractivity contribution in [1.82, 2.24) is 35.4 Å². The van der Waals surface area contributed by atoms with Crippen molar-refractivity contribution in [2.45, 2.75) is 90.5 Å². The molecule has 2 fully saturated rings. The fraction of sp³-hybridized carbons (Fsp3) is 0.519. The SMILES string of the molecule is COC(=O)C[C@H](C(=O)NN(CCc1c(F)cc(-c2ccn(C(F)F)n2)cc1F)C[C@H](O)[C@@H](CC(=O)[C@@H](NC(=O)OC)C(C)(C)C(F)(F)F)Cc1ccc(C#Cc2ccc(N3CCN(C4COC4)CC3)nc2)cc1)C(C)(C)C(F)(F)F. The Hall–Kier alpha value is -6.82. The number of halogens is 10. The fourth-order valence-electron chi connectivity index (χ4n) is 9.05. The summed E-state index contributed by atoms with van der Waals surface area (Å²) in [6.45, 7) is 2.73. The molecule has 0 saturated carbocycles. The van der Waals surface area contributed by atoms with Crippen LogP contribution < -0.4 is 15.6 Å². The van der Waals surface area contributed by atoms with Crippen molar-refractivity contribution >= 4 is 29.6 Å². The second kappa shape index (κ2) is 26.2. The fourth-order valence-corrected chi connectivity index (χ4v) is 9.05. The van der Waals surface area contributed by atoms with Gasteiger partial charge in [0.25, 0.3) is 0 Å². The summed E-state index contributed by atoms with van der Waals surface area (Å²) in [6.07, 6.45) is -14.1. The Morgan fingerprint density at radius 1 is 0.838 bits per heavy atom. The number of aliphatic hydroxyl groups is 1. The predicted octanol–water partition coefficient (Wildman–Crippen LogP) is 7.67. The molecule has 0 unspecified atom stereocenters. The third-order valence-corrected chi connectivity index (χ3v) is 14.6. The lowest BCUT2D eigenvalue weighted by molar-refractivity contribution is -0.231. The van der Waals surface area contributed by atoms with Crippen molar-refractivity contribution in [3.8, 4) is 23.1 Å². The molecule has 2 saturated heterocycles. The van der Waals surface area contributed by atoms with Crippen molar-refractivity contribution in [3.05, 3.63) is 101 Å². The molecule has 436 valence electrons. The number of alkyl halides is 8. The number of ether oxygens (including phenoxy) is 3. The quantitative estimate of drug-likeness (QED) is 0.0302. The Kier molecular flexibility index (Phi) is 20.4. The minimum atomic E-state index is -5.12. The number of hydrogen-bond acceptors (Lipinski definition) is 13. The number of carbonyl (C=O) groups excluding carboxylic acids is 4. The maximum Gasteiger partial charge on any atom is 0.407 e. The van der Waals surface area contributed by atoms with E-state index in [9.17, 15) is 59.4 Å². The van der Waals surface area contributed by atoms with Gasteiger partial charge in [-0.05, 0) is 80.6 Å². The number of piperazine rings is 1. The number of ketones is 1. The van der Waals surface area contributed by atoms with E-state index in [0.29, 0.717) is 50.4 Å². The molecule has 0 aliphatic carbocycles. The first-order valence-corrected chi connectivity index (χ1v) is 25.3. The molecule has 2 aliphatic rings. The van der Waals surface area contributed by atoms with Crippen LogP contribution in [-0.2, 0) is 41.4 Å². The molecule has 2 aromatic heterocycles. The lowest BCUT2D eigenvalue weighted by atomic mass is 9.75. The first kappa shape index (κ1) is 62.4. The van der Waals surface area contributed by atoms with E-state index in [1.165, 1.54) is 0 Å². The number of nitrogens with zero attached hydrogens (tertiary/aromatic N) is 6. The van der Waals surface area contributed by atoms with E-state index in [-0.39, 0.29) is 22.4 Å². The van der Waals surface area contributed by atoms with Crippen LogP contribution in [0.3, 0.4) is 0 Å². The molecule has 6 rings (SSSR count). The standard InChI is InChI=1S/C54H62F10N8O8/c1-51(2,53(59,60)61)39(27-46(75)78-5)48(76)68-71(17-15-38-40(55)24-35(25-41(38)56)42-16-18-72(67-42)49(57)58)29-44(74)36(26-43(73)47(66-50(77)79-6)52(3,4)54(62,63)64)23-33-10-7-32(8-11-33)9-12-34-13-14-45(65-28-34)70-21-19-69(20-22-70)37-30-80-31-37/h7-8,10-11,13-14,16,18,24-25,28,36-37,39,44,47,49,74H,15,17,19-23,26-27,29-31H2,1-6H3,(H,66,77)(H,68,76)/t36-,39-,44+,47-/m1/s1. The van der Waals surface area contributed by atoms with Gasteiger partial charge in [0.15, 0.2) is 5.78 Å². The van der Waals surface area contributed by atoms with Gasteiger partial charge in [0, 0.05) is 80.3 Å². The number of aromatic nitrogens is 3. The molecule has 26 heteroatoms. The lowest BCUT2D eigenvalue weighted by Gasteiger charge is -2.42. The van der Waals surface area contributed by atoms with Crippen LogP contribution in [-0.4, -0.2) is 151 Å². The largest absolute Gasteiger partial charge is 0.469 e. The van der Waals surface area contributed by atoms with E-state index >= 15 is 8.78 Å². The average Bonchev–Trinajstić information content (AvgIpc) is 3.89. The molecule has 2 aromatic carbocycles. The number of Topliss-reactive ketones (excluding diaryl/α,β-unsaturated/α-hetero) is 1. The number of nitrogens with one attached hydrogen (secondary N) is 2. The summed E-state index contributed by atoms with van der Waals surface area (Å²) in [5.74, 6) is -3.28. The Bertz CT molecular complexity index is 2820. The summed E-state index contributed by atoms with van der Waals surface area (Å²) in [5.41, 5.74) is -3.39. The molecule has 2 amide bonds. The lowest BCUT2D eigenvalue weighted by Crippen LogP contribution is -2.57. The highest BCUT2D eigenvalue weighted by Gasteiger charge is 2.57. The first-order chi connectivity index (χ1) is 37.5. The van der Waals surface area contributed by atoms with Crippen LogP contribution in [0.2, 0.25) is 0 Å². The summed E-state index contributed by atoms with van der Waals surface area (Å²) < 4.78 is 160. The number of aliphatic hydroxyl groups excluding tert-OH is 1. The van der Waals surface area contributed by atoms with Gasteiger partial charge in [0.1, 0.15) is 23.5 Å². The molecule has 4 atom stereocenters. The van der Waals surface area contributed by atoms with Crippen molar-refractivity contribution in [2.75, 3.05) is 71.6 Å². The first-order valence-electron chi connectivity index (χ1n) is 25.3. The van der Waals surface area contributed by atoms with Crippen LogP contribution in [0.5, 0.6) is 0 Å². The van der Waals surface area contributed by atoms with Gasteiger partial charge in [-0.3, -0.25) is 24.7 Å². The molecule has 0 radical (unpaired) electrons. The minimum Gasteiger partial charge on any atom is -0.469 e. The second-order valence-electron chi connectivity index (χ2n) is 20.7. The van der Waals surface area contributed by atoms with Crippen LogP contribution in [0.15, 0.2) is 67.0 Å². The molecular formula is C54H62F10N8O8. The zero-order chi connectivity index (χ0) is 58.9. The molecule has 0 spiro atoms. The van der Waals surface area contributed by atoms with Crippen molar-refractivity contribution in [3.63, 3.8) is 0 Å². The molecule has 16 nitrogen and oxygen atoms in total. The smallest absolute Gasteiger partial charge is 0.407 e. The van der Waals surface area contributed by atoms with E-state index in [2.05, 4.69) is 46.6 Å². The number of rotatable bonds is 22. The van der Waals surface area contributed by atoms with Gasteiger partial charge in [-0.15, -0.1) is 0 Å². The van der Waals surface area contributed by atoms with Gasteiger partial charge in [-0.2, -0.15) is 40.2 Å². The predicted molar refractivity (Wildman–Crippen MR) is 269 cm³/mol. The van der Waals surface area contributed by atoms with Crippen molar-refractivity contribution in [2.24, 2.45) is 22.7 Å². The van der Waals surface area contributed by atoms with Crippen LogP contribution in [0.4, 0.5) is 54.5 Å². The van der Waals surface area contributed by atoms with E-state index < -0.39 is 127 Å². The number of benzene rings is 2. The van der Waals surface area contributed by atoms with E-state index in [1.807, 2.05) is 17.4 Å². The zero-order valence-corrected chi connectivity index (χ0v) is 44.6. The van der Waals surface area contributed by atoms with Crippen LogP contribution in [0.25, 0.3) is 11.3 Å². The van der Waals surface area contributed by atoms with Crippen molar-refractivity contribution < 1.29 is 82.4 Å². The molecule has 4 heterocycles. The number of alkyl carbamates (subject to hydrolysis) is 1. The Labute approximate surface area is 455 Å². The monoisotopic (exact) mass is 1140 g/mol. The topological polar surface area (TPSA) is 181 Å². The maximum atomic E-state index is 15.8. The highest BCUT2D eigenvalue weighted by molar-refractivity contribution is 5.88. The number of anilines is 1. The van der Waals surface area contributed by atoms with Gasteiger partial charge in [0.2, 0.25) is 5.91 Å². The van der Waals surface area contributed by atoms with E-state index in [1.54, 1.807) is 30.5 Å². The van der Waals surface area contributed by atoms with Crippen LogP contribution in [0, 0.1) is 46.1 Å². The molecule has 80 heavy (non-hydrogen) atoms. The third-order valence-electron chi connectivity index (χ3n) is 14.6. The summed E-state index contributed by atoms with van der Waals surface area (Å²) >= 11 is 0. The molecule has 2 aliphatic heterocycles. The Balaban J connectivity index is 1.30. The minimum absolute atomic E-state index is 0.236. The number of pyridine rings is 1. The van der Waals surface area contributed by atoms with E-state index in [4.69, 9.17) is 4.74 Å². The van der Waals surface area contributed by atoms with Gasteiger partial charge in [-0.1, -0.05) is 37.8 Å². The normalized spacial score (nSPS) is 16.3. The van der Waals surface area contributed by atoms with E-state index in [0.717, 1.165) is 88.8 Å². The number of hydrogen-bond donors (Lipinski definition) is 3.